The van der Waals surface area contributed by atoms with Crippen LogP contribution in [-0.4, -0.2) is 22.1 Å². The number of aromatic nitrogens is 2. The Hall–Kier alpha value is -2.63. The summed E-state index contributed by atoms with van der Waals surface area (Å²) in [4.78, 5) is 16.9. The van der Waals surface area contributed by atoms with Crippen molar-refractivity contribution in [3.63, 3.8) is 0 Å². The van der Waals surface area contributed by atoms with Crippen molar-refractivity contribution in [2.45, 2.75) is 39.7 Å². The van der Waals surface area contributed by atoms with Gasteiger partial charge in [0.15, 0.2) is 0 Å². The second kappa shape index (κ2) is 6.24. The molecule has 3 aromatic heterocycles. The van der Waals surface area contributed by atoms with Crippen molar-refractivity contribution in [2.24, 2.45) is 0 Å². The number of carbonyl (C=O) groups excluding carboxylic acids is 1. The first-order valence-electron chi connectivity index (χ1n) is 7.61. The molecule has 0 unspecified atom stereocenters. The highest BCUT2D eigenvalue weighted by Crippen LogP contribution is 2.22. The van der Waals surface area contributed by atoms with Crippen LogP contribution in [0.5, 0.6) is 0 Å². The molecule has 0 spiro atoms. The highest BCUT2D eigenvalue weighted by atomic mass is 16.5. The lowest BCUT2D eigenvalue weighted by Gasteiger charge is -2.14. The average molecular weight is 313 g/mol. The summed E-state index contributed by atoms with van der Waals surface area (Å²) in [5.41, 5.74) is 2.34. The van der Waals surface area contributed by atoms with Crippen molar-refractivity contribution in [1.82, 2.24) is 15.5 Å². The van der Waals surface area contributed by atoms with Gasteiger partial charge < -0.3 is 14.3 Å². The van der Waals surface area contributed by atoms with Gasteiger partial charge in [-0.25, -0.2) is 4.98 Å². The van der Waals surface area contributed by atoms with E-state index in [-0.39, 0.29) is 11.9 Å². The predicted octanol–water partition coefficient (Wildman–Crippen LogP) is 3.18. The maximum absolute atomic E-state index is 12.6. The van der Waals surface area contributed by atoms with Crippen molar-refractivity contribution in [3.05, 3.63) is 47.2 Å². The Kier molecular flexibility index (Phi) is 4.14. The van der Waals surface area contributed by atoms with Gasteiger partial charge in [-0.1, -0.05) is 5.16 Å². The third-order valence-corrected chi connectivity index (χ3v) is 3.77. The van der Waals surface area contributed by atoms with Gasteiger partial charge in [0.05, 0.1) is 22.9 Å². The standard InChI is InChI=1S/C17H19N3O3/c1-10(6-7-13-5-4-8-22-13)18-16(21)14-9-11(2)19-17-15(14)12(3)20-23-17/h4-5,8-10H,6-7H2,1-3H3,(H,18,21)/t10-/m1/s1. The number of nitrogens with one attached hydrogen (secondary N) is 1. The zero-order valence-corrected chi connectivity index (χ0v) is 13.4. The molecule has 1 N–H and O–H groups in total. The van der Waals surface area contributed by atoms with E-state index >= 15 is 0 Å². The smallest absolute Gasteiger partial charge is 0.258 e. The first-order valence-corrected chi connectivity index (χ1v) is 7.61. The van der Waals surface area contributed by atoms with E-state index < -0.39 is 0 Å². The summed E-state index contributed by atoms with van der Waals surface area (Å²) in [6.07, 6.45) is 3.24. The summed E-state index contributed by atoms with van der Waals surface area (Å²) >= 11 is 0. The van der Waals surface area contributed by atoms with Crippen LogP contribution in [0.15, 0.2) is 33.4 Å². The Morgan fingerprint density at radius 3 is 2.96 bits per heavy atom. The van der Waals surface area contributed by atoms with Crippen molar-refractivity contribution in [3.8, 4) is 0 Å². The number of hydrogen-bond donors (Lipinski definition) is 1. The van der Waals surface area contributed by atoms with Crippen LogP contribution in [0, 0.1) is 13.8 Å². The Morgan fingerprint density at radius 2 is 2.22 bits per heavy atom. The minimum Gasteiger partial charge on any atom is -0.469 e. The molecule has 1 amide bonds. The normalized spacial score (nSPS) is 12.5. The molecule has 0 aromatic carbocycles. The topological polar surface area (TPSA) is 81.2 Å². The van der Waals surface area contributed by atoms with E-state index in [2.05, 4.69) is 15.5 Å². The maximum Gasteiger partial charge on any atom is 0.258 e. The van der Waals surface area contributed by atoms with Crippen molar-refractivity contribution < 1.29 is 13.7 Å². The lowest BCUT2D eigenvalue weighted by molar-refractivity contribution is 0.0939. The van der Waals surface area contributed by atoms with Gasteiger partial charge in [-0.05, 0) is 45.4 Å². The lowest BCUT2D eigenvalue weighted by atomic mass is 10.1. The Bertz CT molecular complexity index is 821. The molecule has 0 saturated carbocycles. The molecule has 0 fully saturated rings. The number of hydrogen-bond acceptors (Lipinski definition) is 5. The minimum atomic E-state index is -0.140. The fourth-order valence-corrected chi connectivity index (χ4v) is 2.58. The number of rotatable bonds is 5. The molecule has 0 aliphatic carbocycles. The van der Waals surface area contributed by atoms with Crippen LogP contribution in [0.3, 0.4) is 0 Å². The summed E-state index contributed by atoms with van der Waals surface area (Å²) in [6, 6.07) is 5.59. The van der Waals surface area contributed by atoms with Crippen molar-refractivity contribution >= 4 is 17.0 Å². The van der Waals surface area contributed by atoms with Crippen LogP contribution in [0.1, 0.15) is 40.9 Å². The number of carbonyl (C=O) groups is 1. The molecule has 3 rings (SSSR count). The van der Waals surface area contributed by atoms with Gasteiger partial charge in [-0.15, -0.1) is 0 Å². The number of pyridine rings is 1. The van der Waals surface area contributed by atoms with Crippen LogP contribution in [-0.2, 0) is 6.42 Å². The van der Waals surface area contributed by atoms with Crippen molar-refractivity contribution in [1.29, 1.82) is 0 Å². The zero-order valence-electron chi connectivity index (χ0n) is 13.4. The van der Waals surface area contributed by atoms with Gasteiger partial charge in [0.1, 0.15) is 5.76 Å². The second-order valence-electron chi connectivity index (χ2n) is 5.75. The number of fused-ring (bicyclic) bond motifs is 1. The van der Waals surface area contributed by atoms with E-state index in [0.29, 0.717) is 22.4 Å². The van der Waals surface area contributed by atoms with E-state index in [1.165, 1.54) is 0 Å². The number of amides is 1. The van der Waals surface area contributed by atoms with Gasteiger partial charge in [0, 0.05) is 18.2 Å². The van der Waals surface area contributed by atoms with Gasteiger partial charge >= 0.3 is 0 Å². The van der Waals surface area contributed by atoms with Crippen LogP contribution in [0.25, 0.3) is 11.1 Å². The summed E-state index contributed by atoms with van der Waals surface area (Å²) in [6.45, 7) is 5.61. The van der Waals surface area contributed by atoms with Gasteiger partial charge in [-0.3, -0.25) is 4.79 Å². The maximum atomic E-state index is 12.6. The SMILES string of the molecule is Cc1cc(C(=O)N[C@H](C)CCc2ccco2)c2c(C)noc2n1. The molecule has 6 nitrogen and oxygen atoms in total. The first kappa shape index (κ1) is 15.3. The Morgan fingerprint density at radius 1 is 1.39 bits per heavy atom. The molecule has 3 aromatic rings. The molecule has 23 heavy (non-hydrogen) atoms. The van der Waals surface area contributed by atoms with Crippen molar-refractivity contribution in [2.75, 3.05) is 0 Å². The van der Waals surface area contributed by atoms with Gasteiger partial charge in [0.25, 0.3) is 11.6 Å². The molecule has 0 aliphatic rings. The summed E-state index contributed by atoms with van der Waals surface area (Å²) in [5.74, 6) is 0.780. The monoisotopic (exact) mass is 313 g/mol. The number of nitrogens with zero attached hydrogens (tertiary/aromatic N) is 2. The number of aryl methyl sites for hydroxylation is 3. The van der Waals surface area contributed by atoms with Gasteiger partial charge in [0.2, 0.25) is 0 Å². The quantitative estimate of drug-likeness (QED) is 0.782. The third kappa shape index (κ3) is 3.26. The molecule has 0 saturated heterocycles. The van der Waals surface area contributed by atoms with Crippen LogP contribution in [0.4, 0.5) is 0 Å². The van der Waals surface area contributed by atoms with E-state index in [0.717, 1.165) is 24.3 Å². The van der Waals surface area contributed by atoms with E-state index in [4.69, 9.17) is 8.94 Å². The molecule has 0 bridgehead atoms. The molecule has 0 aliphatic heterocycles. The van der Waals surface area contributed by atoms with Crippen LogP contribution >= 0.6 is 0 Å². The minimum absolute atomic E-state index is 0.0243. The molecule has 0 radical (unpaired) electrons. The first-order chi connectivity index (χ1) is 11.0. The molecule has 3 heterocycles. The lowest BCUT2D eigenvalue weighted by Crippen LogP contribution is -2.33. The largest absolute Gasteiger partial charge is 0.469 e. The van der Waals surface area contributed by atoms with Crippen LogP contribution in [0.2, 0.25) is 0 Å². The average Bonchev–Trinajstić information content (AvgIpc) is 3.14. The highest BCUT2D eigenvalue weighted by molar-refractivity contribution is 6.06. The fraction of sp³-hybridized carbons (Fsp3) is 0.353. The Labute approximate surface area is 133 Å². The Balaban J connectivity index is 1.74. The molecule has 1 atom stereocenters. The second-order valence-corrected chi connectivity index (χ2v) is 5.75. The summed E-state index contributed by atoms with van der Waals surface area (Å²) in [5, 5.41) is 7.59. The van der Waals surface area contributed by atoms with E-state index in [1.807, 2.05) is 26.0 Å². The predicted molar refractivity (Wildman–Crippen MR) is 85.2 cm³/mol. The molecular weight excluding hydrogens is 294 g/mol. The summed E-state index contributed by atoms with van der Waals surface area (Å²) < 4.78 is 10.5. The van der Waals surface area contributed by atoms with Gasteiger partial charge in [-0.2, -0.15) is 0 Å². The molecule has 120 valence electrons. The molecular formula is C17H19N3O3. The van der Waals surface area contributed by atoms with Crippen LogP contribution < -0.4 is 5.32 Å². The molecule has 6 heteroatoms. The summed E-state index contributed by atoms with van der Waals surface area (Å²) in [7, 11) is 0. The van der Waals surface area contributed by atoms with E-state index in [1.54, 1.807) is 19.3 Å². The van der Waals surface area contributed by atoms with E-state index in [9.17, 15) is 4.79 Å². The number of furan rings is 1. The zero-order chi connectivity index (χ0) is 16.4. The highest BCUT2D eigenvalue weighted by Gasteiger charge is 2.19. The third-order valence-electron chi connectivity index (χ3n) is 3.77. The fourth-order valence-electron chi connectivity index (χ4n) is 2.58.